The van der Waals surface area contributed by atoms with Crippen LogP contribution in [-0.2, 0) is 0 Å². The second-order valence-electron chi connectivity index (χ2n) is 2.41. The summed E-state index contributed by atoms with van der Waals surface area (Å²) in [5.74, 6) is 0.558. The molecule has 0 spiro atoms. The van der Waals surface area contributed by atoms with E-state index in [1.165, 1.54) is 5.57 Å². The van der Waals surface area contributed by atoms with Gasteiger partial charge in [-0.2, -0.15) is 0 Å². The van der Waals surface area contributed by atoms with Gasteiger partial charge in [0.25, 0.3) is 0 Å². The van der Waals surface area contributed by atoms with E-state index < -0.39 is 0 Å². The summed E-state index contributed by atoms with van der Waals surface area (Å²) < 4.78 is 0. The van der Waals surface area contributed by atoms with E-state index in [0.717, 1.165) is 11.8 Å². The van der Waals surface area contributed by atoms with Gasteiger partial charge in [0.15, 0.2) is 0 Å². The summed E-state index contributed by atoms with van der Waals surface area (Å²) in [7, 11) is 0. The van der Waals surface area contributed by atoms with Gasteiger partial charge in [0, 0.05) is 5.33 Å². The molecule has 1 unspecified atom stereocenters. The highest BCUT2D eigenvalue weighted by molar-refractivity contribution is 9.09. The number of hydrogen-bond donors (Lipinski definition) is 0. The minimum absolute atomic E-state index is 0.558. The lowest BCUT2D eigenvalue weighted by molar-refractivity contribution is 0.817. The van der Waals surface area contributed by atoms with Crippen molar-refractivity contribution in [1.82, 2.24) is 0 Å². The van der Waals surface area contributed by atoms with Gasteiger partial charge in [-0.05, 0) is 17.9 Å². The number of hydrogen-bond acceptors (Lipinski definition) is 0. The van der Waals surface area contributed by atoms with Gasteiger partial charge in [0.05, 0.1) is 0 Å². The largest absolute Gasteiger partial charge is 0.102 e. The standard InChI is InChI=1S/C9H11Br/c1-2-8-3-5-9(7-10)6-4-8/h2-3,5-6,8H,1,4,7H2. The number of alkyl halides is 1. The Kier molecular flexibility index (Phi) is 2.94. The fourth-order valence-electron chi connectivity index (χ4n) is 0.955. The molecule has 1 aliphatic rings. The maximum atomic E-state index is 3.74. The maximum absolute atomic E-state index is 3.74. The topological polar surface area (TPSA) is 0 Å². The van der Waals surface area contributed by atoms with E-state index in [-0.39, 0.29) is 0 Å². The molecule has 0 aromatic heterocycles. The van der Waals surface area contributed by atoms with Gasteiger partial charge < -0.3 is 0 Å². The Morgan fingerprint density at radius 2 is 2.60 bits per heavy atom. The van der Waals surface area contributed by atoms with E-state index >= 15 is 0 Å². The molecule has 10 heavy (non-hydrogen) atoms. The molecule has 1 aliphatic carbocycles. The highest BCUT2D eigenvalue weighted by Crippen LogP contribution is 2.17. The summed E-state index contributed by atoms with van der Waals surface area (Å²) in [4.78, 5) is 0. The molecule has 0 aromatic carbocycles. The molecule has 1 rings (SSSR count). The molecule has 0 fully saturated rings. The quantitative estimate of drug-likeness (QED) is 0.473. The lowest BCUT2D eigenvalue weighted by Crippen LogP contribution is -1.95. The molecule has 1 heteroatoms. The third-order valence-electron chi connectivity index (χ3n) is 1.67. The van der Waals surface area contributed by atoms with Crippen LogP contribution in [0.3, 0.4) is 0 Å². The molecule has 0 radical (unpaired) electrons. The fraction of sp³-hybridized carbons (Fsp3) is 0.333. The van der Waals surface area contributed by atoms with Crippen LogP contribution in [-0.4, -0.2) is 5.33 Å². The molecule has 0 saturated heterocycles. The van der Waals surface area contributed by atoms with E-state index in [1.54, 1.807) is 0 Å². The van der Waals surface area contributed by atoms with Gasteiger partial charge >= 0.3 is 0 Å². The first-order valence-corrected chi connectivity index (χ1v) is 4.54. The lowest BCUT2D eigenvalue weighted by atomic mass is 9.98. The highest BCUT2D eigenvalue weighted by atomic mass is 79.9. The van der Waals surface area contributed by atoms with Crippen LogP contribution in [0, 0.1) is 5.92 Å². The van der Waals surface area contributed by atoms with Gasteiger partial charge in [0.2, 0.25) is 0 Å². The molecule has 0 heterocycles. The van der Waals surface area contributed by atoms with E-state index in [9.17, 15) is 0 Å². The summed E-state index contributed by atoms with van der Waals surface area (Å²) in [5, 5.41) is 0.966. The van der Waals surface area contributed by atoms with Gasteiger partial charge in [-0.25, -0.2) is 0 Å². The first kappa shape index (κ1) is 7.80. The Hall–Kier alpha value is -0.300. The molecule has 0 saturated carbocycles. The molecule has 0 N–H and O–H groups in total. The van der Waals surface area contributed by atoms with Crippen LogP contribution in [0.4, 0.5) is 0 Å². The summed E-state index contributed by atoms with van der Waals surface area (Å²) in [6, 6.07) is 0. The van der Waals surface area contributed by atoms with E-state index in [4.69, 9.17) is 0 Å². The van der Waals surface area contributed by atoms with Crippen molar-refractivity contribution in [1.29, 1.82) is 0 Å². The van der Waals surface area contributed by atoms with Crippen molar-refractivity contribution in [3.05, 3.63) is 36.5 Å². The normalized spacial score (nSPS) is 24.1. The Morgan fingerprint density at radius 3 is 3.00 bits per heavy atom. The molecule has 0 aliphatic heterocycles. The Labute approximate surface area is 70.5 Å². The first-order valence-electron chi connectivity index (χ1n) is 3.42. The molecule has 1 atom stereocenters. The zero-order valence-electron chi connectivity index (χ0n) is 5.89. The van der Waals surface area contributed by atoms with Crippen LogP contribution >= 0.6 is 15.9 Å². The minimum Gasteiger partial charge on any atom is -0.102 e. The van der Waals surface area contributed by atoms with E-state index in [1.807, 2.05) is 6.08 Å². The van der Waals surface area contributed by atoms with Crippen LogP contribution in [0.1, 0.15) is 6.42 Å². The predicted molar refractivity (Wildman–Crippen MR) is 49.3 cm³/mol. The van der Waals surface area contributed by atoms with Crippen molar-refractivity contribution in [2.75, 3.05) is 5.33 Å². The van der Waals surface area contributed by atoms with Crippen LogP contribution in [0.5, 0.6) is 0 Å². The zero-order valence-corrected chi connectivity index (χ0v) is 7.47. The molecular weight excluding hydrogens is 188 g/mol. The van der Waals surface area contributed by atoms with Crippen molar-refractivity contribution in [2.45, 2.75) is 6.42 Å². The van der Waals surface area contributed by atoms with E-state index in [2.05, 4.69) is 40.7 Å². The predicted octanol–water partition coefficient (Wildman–Crippen LogP) is 3.07. The molecule has 0 amide bonds. The van der Waals surface area contributed by atoms with Crippen molar-refractivity contribution in [3.8, 4) is 0 Å². The lowest BCUT2D eigenvalue weighted by Gasteiger charge is -2.09. The third-order valence-corrected chi connectivity index (χ3v) is 2.31. The SMILES string of the molecule is C=CC1C=CC(CBr)=CC1. The summed E-state index contributed by atoms with van der Waals surface area (Å²) >= 11 is 3.41. The first-order chi connectivity index (χ1) is 4.86. The number of halogens is 1. The van der Waals surface area contributed by atoms with Gasteiger partial charge in [-0.1, -0.05) is 40.2 Å². The van der Waals surface area contributed by atoms with Gasteiger partial charge in [0.1, 0.15) is 0 Å². The number of rotatable bonds is 2. The van der Waals surface area contributed by atoms with Crippen LogP contribution < -0.4 is 0 Å². The summed E-state index contributed by atoms with van der Waals surface area (Å²) in [6.45, 7) is 3.74. The Morgan fingerprint density at radius 1 is 1.80 bits per heavy atom. The zero-order chi connectivity index (χ0) is 7.40. The van der Waals surface area contributed by atoms with Crippen molar-refractivity contribution in [2.24, 2.45) is 5.92 Å². The molecule has 0 aromatic rings. The van der Waals surface area contributed by atoms with E-state index in [0.29, 0.717) is 5.92 Å². The maximum Gasteiger partial charge on any atom is 0.0279 e. The molecule has 54 valence electrons. The second-order valence-corrected chi connectivity index (χ2v) is 2.97. The van der Waals surface area contributed by atoms with Gasteiger partial charge in [-0.15, -0.1) is 6.58 Å². The molecular formula is C9H11Br. The Bertz CT molecular complexity index is 177. The monoisotopic (exact) mass is 198 g/mol. The molecule has 0 nitrogen and oxygen atoms in total. The minimum atomic E-state index is 0.558. The van der Waals surface area contributed by atoms with Crippen LogP contribution in [0.2, 0.25) is 0 Å². The average molecular weight is 199 g/mol. The molecule has 0 bridgehead atoms. The number of allylic oxidation sites excluding steroid dienone is 5. The smallest absolute Gasteiger partial charge is 0.0279 e. The van der Waals surface area contributed by atoms with Crippen LogP contribution in [0.25, 0.3) is 0 Å². The average Bonchev–Trinajstić information content (AvgIpc) is 2.05. The van der Waals surface area contributed by atoms with Crippen molar-refractivity contribution >= 4 is 15.9 Å². The summed E-state index contributed by atoms with van der Waals surface area (Å²) in [5.41, 5.74) is 1.37. The second kappa shape index (κ2) is 3.77. The third kappa shape index (κ3) is 1.84. The Balaban J connectivity index is 2.54. The van der Waals surface area contributed by atoms with Crippen molar-refractivity contribution < 1.29 is 0 Å². The van der Waals surface area contributed by atoms with Crippen LogP contribution in [0.15, 0.2) is 36.5 Å². The fourth-order valence-corrected chi connectivity index (χ4v) is 1.37. The van der Waals surface area contributed by atoms with Crippen molar-refractivity contribution in [3.63, 3.8) is 0 Å². The summed E-state index contributed by atoms with van der Waals surface area (Å²) in [6.07, 6.45) is 9.70. The highest BCUT2D eigenvalue weighted by Gasteiger charge is 2.02. The van der Waals surface area contributed by atoms with Gasteiger partial charge in [-0.3, -0.25) is 0 Å².